The van der Waals surface area contributed by atoms with E-state index in [0.717, 1.165) is 36.5 Å². The Morgan fingerprint density at radius 2 is 1.85 bits per heavy atom. The molecule has 0 amide bonds. The molecule has 0 bridgehead atoms. The molecule has 27 heavy (non-hydrogen) atoms. The summed E-state index contributed by atoms with van der Waals surface area (Å²) in [7, 11) is 0. The summed E-state index contributed by atoms with van der Waals surface area (Å²) in [6, 6.07) is 14.2. The Hall–Kier alpha value is -2.72. The smallest absolute Gasteiger partial charge is 0.331 e. The molecule has 0 saturated carbocycles. The first-order valence-corrected chi connectivity index (χ1v) is 9.41. The van der Waals surface area contributed by atoms with Crippen molar-refractivity contribution < 1.29 is 9.90 Å². The predicted octanol–water partition coefficient (Wildman–Crippen LogP) is 4.41. The monoisotopic (exact) mass is 362 g/mol. The van der Waals surface area contributed by atoms with Crippen molar-refractivity contribution >= 4 is 17.6 Å². The van der Waals surface area contributed by atoms with Crippen LogP contribution < -0.4 is 0 Å². The number of carboxylic acids is 1. The molecule has 1 aromatic heterocycles. The van der Waals surface area contributed by atoms with Crippen molar-refractivity contribution in [2.45, 2.75) is 26.7 Å². The zero-order valence-electron chi connectivity index (χ0n) is 16.0. The molecule has 1 aliphatic heterocycles. The summed E-state index contributed by atoms with van der Waals surface area (Å²) >= 11 is 0. The van der Waals surface area contributed by atoms with Gasteiger partial charge in [0.1, 0.15) is 0 Å². The lowest BCUT2D eigenvalue weighted by atomic mass is 10.00. The van der Waals surface area contributed by atoms with Gasteiger partial charge < -0.3 is 5.11 Å². The second-order valence-electron chi connectivity index (χ2n) is 7.07. The molecular formula is C23H26N2O2. The van der Waals surface area contributed by atoms with Crippen molar-refractivity contribution in [1.29, 1.82) is 0 Å². The molecule has 1 aliphatic rings. The number of likely N-dealkylation sites (tertiary alicyclic amines) is 1. The maximum atomic E-state index is 11.1. The van der Waals surface area contributed by atoms with Crippen LogP contribution in [-0.2, 0) is 4.79 Å². The number of aliphatic carboxylic acids is 1. The van der Waals surface area contributed by atoms with E-state index in [9.17, 15) is 4.79 Å². The minimum atomic E-state index is -0.925. The van der Waals surface area contributed by atoms with E-state index >= 15 is 0 Å². The fraction of sp³-hybridized carbons (Fsp3) is 0.304. The van der Waals surface area contributed by atoms with Crippen molar-refractivity contribution in [1.82, 2.24) is 9.88 Å². The Kier molecular flexibility index (Phi) is 6.20. The van der Waals surface area contributed by atoms with Gasteiger partial charge in [0.2, 0.25) is 0 Å². The lowest BCUT2D eigenvalue weighted by molar-refractivity contribution is -0.132. The normalized spacial score (nSPS) is 15.9. The summed E-state index contributed by atoms with van der Waals surface area (Å²) < 4.78 is 0. The summed E-state index contributed by atoms with van der Waals surface area (Å²) in [6.07, 6.45) is 6.39. The Labute approximate surface area is 160 Å². The fourth-order valence-electron chi connectivity index (χ4n) is 3.25. The molecule has 2 aromatic rings. The number of rotatable bonds is 6. The van der Waals surface area contributed by atoms with Crippen molar-refractivity contribution in [3.8, 4) is 0 Å². The lowest BCUT2D eigenvalue weighted by Crippen LogP contribution is -2.19. The molecule has 0 atom stereocenters. The number of benzene rings is 1. The highest BCUT2D eigenvalue weighted by Crippen LogP contribution is 2.24. The van der Waals surface area contributed by atoms with Crippen LogP contribution in [0.4, 0.5) is 0 Å². The average Bonchev–Trinajstić information content (AvgIpc) is 3.17. The van der Waals surface area contributed by atoms with Gasteiger partial charge in [-0.2, -0.15) is 0 Å². The quantitative estimate of drug-likeness (QED) is 0.774. The van der Waals surface area contributed by atoms with E-state index in [4.69, 9.17) is 10.1 Å². The number of pyridine rings is 1. The highest BCUT2D eigenvalue weighted by atomic mass is 16.4. The lowest BCUT2D eigenvalue weighted by Gasteiger charge is -2.14. The van der Waals surface area contributed by atoms with Crippen molar-refractivity contribution in [3.63, 3.8) is 0 Å². The topological polar surface area (TPSA) is 53.4 Å². The number of aromatic nitrogens is 1. The van der Waals surface area contributed by atoms with E-state index < -0.39 is 5.97 Å². The van der Waals surface area contributed by atoms with E-state index in [1.807, 2.05) is 18.2 Å². The van der Waals surface area contributed by atoms with Crippen molar-refractivity contribution in [2.75, 3.05) is 19.6 Å². The zero-order chi connectivity index (χ0) is 19.2. The van der Waals surface area contributed by atoms with Crippen LogP contribution in [0.15, 0.2) is 54.1 Å². The van der Waals surface area contributed by atoms with Gasteiger partial charge in [-0.1, -0.05) is 42.0 Å². The van der Waals surface area contributed by atoms with Gasteiger partial charge >= 0.3 is 5.97 Å². The van der Waals surface area contributed by atoms with Gasteiger partial charge in [-0.3, -0.25) is 4.90 Å². The van der Waals surface area contributed by atoms with E-state index in [-0.39, 0.29) is 5.57 Å². The van der Waals surface area contributed by atoms with Gasteiger partial charge in [0.15, 0.2) is 0 Å². The van der Waals surface area contributed by atoms with Gasteiger partial charge in [-0.05, 0) is 63.6 Å². The SMILES string of the molecule is CC(=Cc1cccc(C(=CCN2CCCC2)c2ccc(C)cc2)n1)C(=O)O. The number of hydrogen-bond acceptors (Lipinski definition) is 3. The van der Waals surface area contributed by atoms with Crippen LogP contribution >= 0.6 is 0 Å². The molecule has 1 fully saturated rings. The molecule has 0 aliphatic carbocycles. The molecular weight excluding hydrogens is 336 g/mol. The van der Waals surface area contributed by atoms with Gasteiger partial charge in [-0.15, -0.1) is 0 Å². The summed E-state index contributed by atoms with van der Waals surface area (Å²) in [5.41, 5.74) is 5.24. The molecule has 140 valence electrons. The number of nitrogens with zero attached hydrogens (tertiary/aromatic N) is 2. The maximum absolute atomic E-state index is 11.1. The summed E-state index contributed by atoms with van der Waals surface area (Å²) in [6.45, 7) is 6.85. The highest BCUT2D eigenvalue weighted by molar-refractivity contribution is 5.91. The Morgan fingerprint density at radius 1 is 1.15 bits per heavy atom. The Bertz CT molecular complexity index is 860. The van der Waals surface area contributed by atoms with Crippen molar-refractivity contribution in [2.24, 2.45) is 0 Å². The molecule has 0 unspecified atom stereocenters. The van der Waals surface area contributed by atoms with E-state index in [1.54, 1.807) is 13.0 Å². The van der Waals surface area contributed by atoms with E-state index in [0.29, 0.717) is 5.69 Å². The zero-order valence-corrected chi connectivity index (χ0v) is 16.0. The molecule has 4 heteroatoms. The molecule has 0 radical (unpaired) electrons. The first-order valence-electron chi connectivity index (χ1n) is 9.41. The molecule has 2 heterocycles. The molecule has 1 aromatic carbocycles. The third kappa shape index (κ3) is 5.14. The third-order valence-electron chi connectivity index (χ3n) is 4.86. The fourth-order valence-corrected chi connectivity index (χ4v) is 3.25. The molecule has 1 N–H and O–H groups in total. The number of aryl methyl sites for hydroxylation is 1. The summed E-state index contributed by atoms with van der Waals surface area (Å²) in [4.78, 5) is 18.3. The van der Waals surface area contributed by atoms with Crippen LogP contribution in [-0.4, -0.2) is 40.6 Å². The van der Waals surface area contributed by atoms with E-state index in [1.165, 1.54) is 18.4 Å². The largest absolute Gasteiger partial charge is 0.478 e. The van der Waals surface area contributed by atoms with Crippen LogP contribution in [0.2, 0.25) is 0 Å². The number of carbonyl (C=O) groups is 1. The molecule has 1 saturated heterocycles. The predicted molar refractivity (Wildman–Crippen MR) is 109 cm³/mol. The summed E-state index contributed by atoms with van der Waals surface area (Å²) in [5.74, 6) is -0.925. The third-order valence-corrected chi connectivity index (χ3v) is 4.86. The van der Waals surface area contributed by atoms with Crippen LogP contribution in [0, 0.1) is 6.92 Å². The second-order valence-corrected chi connectivity index (χ2v) is 7.07. The van der Waals surface area contributed by atoms with Crippen molar-refractivity contribution in [3.05, 3.63) is 76.6 Å². The number of carboxylic acid groups (broad SMARTS) is 1. The first-order chi connectivity index (χ1) is 13.0. The van der Waals surface area contributed by atoms with Gasteiger partial charge in [-0.25, -0.2) is 9.78 Å². The van der Waals surface area contributed by atoms with Crippen LogP contribution in [0.3, 0.4) is 0 Å². The minimum absolute atomic E-state index is 0.276. The second kappa shape index (κ2) is 8.78. The highest BCUT2D eigenvalue weighted by Gasteiger charge is 2.12. The van der Waals surface area contributed by atoms with Crippen LogP contribution in [0.1, 0.15) is 42.3 Å². The van der Waals surface area contributed by atoms with Crippen LogP contribution in [0.5, 0.6) is 0 Å². The maximum Gasteiger partial charge on any atom is 0.331 e. The molecule has 4 nitrogen and oxygen atoms in total. The van der Waals surface area contributed by atoms with E-state index in [2.05, 4.69) is 42.2 Å². The van der Waals surface area contributed by atoms with Gasteiger partial charge in [0, 0.05) is 17.7 Å². The standard InChI is InChI=1S/C23H26N2O2/c1-17-8-10-19(11-9-17)21(12-15-25-13-3-4-14-25)22-7-5-6-20(24-22)16-18(2)23(26)27/h5-12,16H,3-4,13-15H2,1-2H3,(H,26,27). The molecule has 3 rings (SSSR count). The Morgan fingerprint density at radius 3 is 2.52 bits per heavy atom. The first kappa shape index (κ1) is 19.1. The average molecular weight is 362 g/mol. The minimum Gasteiger partial charge on any atom is -0.478 e. The number of hydrogen-bond donors (Lipinski definition) is 1. The van der Waals surface area contributed by atoms with Gasteiger partial charge in [0.25, 0.3) is 0 Å². The summed E-state index contributed by atoms with van der Waals surface area (Å²) in [5, 5.41) is 9.12. The Balaban J connectivity index is 1.96. The van der Waals surface area contributed by atoms with Gasteiger partial charge in [0.05, 0.1) is 11.4 Å². The molecule has 0 spiro atoms. The van der Waals surface area contributed by atoms with Crippen LogP contribution in [0.25, 0.3) is 11.6 Å².